The summed E-state index contributed by atoms with van der Waals surface area (Å²) in [6.07, 6.45) is 2.39. The molecule has 0 aliphatic rings. The van der Waals surface area contributed by atoms with Crippen molar-refractivity contribution < 1.29 is 0 Å². The highest BCUT2D eigenvalue weighted by molar-refractivity contribution is 9.12. The summed E-state index contributed by atoms with van der Waals surface area (Å²) in [5.41, 5.74) is 1.76. The van der Waals surface area contributed by atoms with Crippen molar-refractivity contribution in [2.75, 3.05) is 7.05 Å². The molecular formula is C12H19Br2NS. The van der Waals surface area contributed by atoms with Gasteiger partial charge in [-0.2, -0.15) is 0 Å². The molecule has 0 amide bonds. The van der Waals surface area contributed by atoms with Crippen LogP contribution in [-0.4, -0.2) is 7.05 Å². The lowest BCUT2D eigenvalue weighted by molar-refractivity contribution is 0.338. The van der Waals surface area contributed by atoms with E-state index in [0.29, 0.717) is 11.5 Å². The van der Waals surface area contributed by atoms with E-state index in [1.807, 2.05) is 7.05 Å². The van der Waals surface area contributed by atoms with Gasteiger partial charge in [0.2, 0.25) is 0 Å². The molecule has 1 aromatic rings. The summed E-state index contributed by atoms with van der Waals surface area (Å²) in [7, 11) is 2.03. The van der Waals surface area contributed by atoms with E-state index >= 15 is 0 Å². The molecule has 0 aliphatic carbocycles. The van der Waals surface area contributed by atoms with Gasteiger partial charge >= 0.3 is 0 Å². The average Bonchev–Trinajstić information content (AvgIpc) is 2.45. The minimum atomic E-state index is 0.398. The second-order valence-corrected chi connectivity index (χ2v) is 8.97. The minimum absolute atomic E-state index is 0.398. The van der Waals surface area contributed by atoms with E-state index in [0.717, 1.165) is 0 Å². The van der Waals surface area contributed by atoms with Gasteiger partial charge in [0.25, 0.3) is 0 Å². The molecule has 0 saturated heterocycles. The molecule has 1 nitrogen and oxygen atoms in total. The van der Waals surface area contributed by atoms with Crippen molar-refractivity contribution in [1.29, 1.82) is 0 Å². The molecule has 1 rings (SSSR count). The Kier molecular flexibility index (Phi) is 5.49. The van der Waals surface area contributed by atoms with Crippen molar-refractivity contribution in [1.82, 2.24) is 5.32 Å². The molecule has 1 unspecified atom stereocenters. The van der Waals surface area contributed by atoms with Crippen LogP contribution in [0.15, 0.2) is 13.6 Å². The van der Waals surface area contributed by atoms with Crippen LogP contribution in [0.1, 0.15) is 45.2 Å². The molecule has 16 heavy (non-hydrogen) atoms. The lowest BCUT2D eigenvalue weighted by atomic mass is 9.87. The van der Waals surface area contributed by atoms with Crippen LogP contribution >= 0.6 is 43.2 Å². The topological polar surface area (TPSA) is 12.0 Å². The molecule has 0 fully saturated rings. The second-order valence-electron chi connectivity index (χ2n) is 5.22. The Bertz CT molecular complexity index is 341. The molecule has 1 N–H and O–H groups in total. The molecule has 1 heterocycles. The third kappa shape index (κ3) is 4.47. The van der Waals surface area contributed by atoms with E-state index in [-0.39, 0.29) is 0 Å². The van der Waals surface area contributed by atoms with Gasteiger partial charge in [-0.15, -0.1) is 11.3 Å². The van der Waals surface area contributed by atoms with Gasteiger partial charge in [-0.25, -0.2) is 0 Å². The SMILES string of the molecule is CNC(CCC(C)(C)C)c1cc(Br)sc1Br. The lowest BCUT2D eigenvalue weighted by Gasteiger charge is -2.22. The van der Waals surface area contributed by atoms with Crippen LogP contribution in [0.2, 0.25) is 0 Å². The zero-order valence-corrected chi connectivity index (χ0v) is 14.2. The number of hydrogen-bond donors (Lipinski definition) is 1. The van der Waals surface area contributed by atoms with Crippen LogP contribution in [0, 0.1) is 5.41 Å². The van der Waals surface area contributed by atoms with Gasteiger partial charge in [-0.05, 0) is 68.8 Å². The summed E-state index contributed by atoms with van der Waals surface area (Å²) >= 11 is 8.90. The normalized spacial score (nSPS) is 14.1. The van der Waals surface area contributed by atoms with Crippen LogP contribution in [0.25, 0.3) is 0 Å². The smallest absolute Gasteiger partial charge is 0.0758 e. The fraction of sp³-hybridized carbons (Fsp3) is 0.667. The largest absolute Gasteiger partial charge is 0.313 e. The fourth-order valence-corrected chi connectivity index (χ4v) is 4.60. The van der Waals surface area contributed by atoms with Crippen LogP contribution in [0.4, 0.5) is 0 Å². The lowest BCUT2D eigenvalue weighted by Crippen LogP contribution is -2.18. The molecule has 1 atom stereocenters. The first-order chi connectivity index (χ1) is 7.33. The molecule has 0 saturated carbocycles. The predicted octanol–water partition coefficient (Wildman–Crippen LogP) is 5.36. The monoisotopic (exact) mass is 367 g/mol. The average molecular weight is 369 g/mol. The van der Waals surface area contributed by atoms with Crippen LogP contribution in [-0.2, 0) is 0 Å². The molecule has 0 radical (unpaired) electrons. The van der Waals surface area contributed by atoms with E-state index in [9.17, 15) is 0 Å². The molecular weight excluding hydrogens is 350 g/mol. The highest BCUT2D eigenvalue weighted by Crippen LogP contribution is 2.38. The zero-order chi connectivity index (χ0) is 12.3. The van der Waals surface area contributed by atoms with E-state index in [4.69, 9.17) is 0 Å². The fourth-order valence-electron chi connectivity index (χ4n) is 1.62. The second kappa shape index (κ2) is 5.98. The molecule has 0 bridgehead atoms. The first-order valence-corrected chi connectivity index (χ1v) is 7.86. The number of thiophene rings is 1. The van der Waals surface area contributed by atoms with E-state index < -0.39 is 0 Å². The van der Waals surface area contributed by atoms with Crippen LogP contribution < -0.4 is 5.32 Å². The maximum absolute atomic E-state index is 3.63. The zero-order valence-electron chi connectivity index (χ0n) is 10.2. The maximum atomic E-state index is 3.63. The molecule has 0 aliphatic heterocycles. The summed E-state index contributed by atoms with van der Waals surface area (Å²) in [5, 5.41) is 3.40. The van der Waals surface area contributed by atoms with Gasteiger partial charge in [0.15, 0.2) is 0 Å². The van der Waals surface area contributed by atoms with Crippen molar-refractivity contribution >= 4 is 43.2 Å². The van der Waals surface area contributed by atoms with Gasteiger partial charge in [0.1, 0.15) is 0 Å². The van der Waals surface area contributed by atoms with Crippen molar-refractivity contribution in [3.8, 4) is 0 Å². The Balaban J connectivity index is 2.71. The van der Waals surface area contributed by atoms with Gasteiger partial charge in [-0.3, -0.25) is 0 Å². The van der Waals surface area contributed by atoms with E-state index in [2.05, 4.69) is 64.0 Å². The Morgan fingerprint density at radius 3 is 2.38 bits per heavy atom. The first kappa shape index (κ1) is 14.7. The molecule has 4 heteroatoms. The highest BCUT2D eigenvalue weighted by Gasteiger charge is 2.18. The van der Waals surface area contributed by atoms with Crippen LogP contribution in [0.3, 0.4) is 0 Å². The predicted molar refractivity (Wildman–Crippen MR) is 80.2 cm³/mol. The van der Waals surface area contributed by atoms with Gasteiger partial charge < -0.3 is 5.32 Å². The van der Waals surface area contributed by atoms with E-state index in [1.54, 1.807) is 11.3 Å². The summed E-state index contributed by atoms with van der Waals surface area (Å²) in [4.78, 5) is 0. The van der Waals surface area contributed by atoms with Crippen molar-refractivity contribution in [2.24, 2.45) is 5.41 Å². The summed E-state index contributed by atoms with van der Waals surface area (Å²) in [6, 6.07) is 2.65. The highest BCUT2D eigenvalue weighted by atomic mass is 79.9. The number of hydrogen-bond acceptors (Lipinski definition) is 2. The number of rotatable bonds is 4. The minimum Gasteiger partial charge on any atom is -0.313 e. The van der Waals surface area contributed by atoms with Gasteiger partial charge in [-0.1, -0.05) is 20.8 Å². The van der Waals surface area contributed by atoms with Crippen molar-refractivity contribution in [2.45, 2.75) is 39.7 Å². The van der Waals surface area contributed by atoms with Gasteiger partial charge in [0.05, 0.1) is 7.57 Å². The number of halogens is 2. The Hall–Kier alpha value is 0.620. The first-order valence-electron chi connectivity index (χ1n) is 5.45. The maximum Gasteiger partial charge on any atom is 0.0758 e. The summed E-state index contributed by atoms with van der Waals surface area (Å²) < 4.78 is 2.41. The Labute approximate surface area is 119 Å². The number of nitrogens with one attached hydrogen (secondary N) is 1. The molecule has 0 spiro atoms. The molecule has 92 valence electrons. The molecule has 1 aromatic heterocycles. The summed E-state index contributed by atoms with van der Waals surface area (Å²) in [5.74, 6) is 0. The van der Waals surface area contributed by atoms with Crippen LogP contribution in [0.5, 0.6) is 0 Å². The Morgan fingerprint density at radius 1 is 1.38 bits per heavy atom. The van der Waals surface area contributed by atoms with Gasteiger partial charge in [0, 0.05) is 6.04 Å². The third-order valence-corrected chi connectivity index (χ3v) is 4.98. The summed E-state index contributed by atoms with van der Waals surface area (Å²) in [6.45, 7) is 6.87. The van der Waals surface area contributed by atoms with E-state index in [1.165, 1.54) is 26.0 Å². The van der Waals surface area contributed by atoms with Crippen molar-refractivity contribution in [3.63, 3.8) is 0 Å². The Morgan fingerprint density at radius 2 is 2.00 bits per heavy atom. The molecule has 0 aromatic carbocycles. The van der Waals surface area contributed by atoms with Crippen molar-refractivity contribution in [3.05, 3.63) is 19.2 Å². The standard InChI is InChI=1S/C12H19Br2NS/c1-12(2,3)6-5-9(15-4)8-7-10(13)16-11(8)14/h7,9,15H,5-6H2,1-4H3. The quantitative estimate of drug-likeness (QED) is 0.754. The third-order valence-electron chi connectivity index (χ3n) is 2.59.